The normalized spacial score (nSPS) is 16.4. The van der Waals surface area contributed by atoms with Crippen molar-refractivity contribution in [2.45, 2.75) is 32.2 Å². The standard InChI is InChI=1S/C28H22Cl2INO5/c1-28(2)36-26(33)25(27(34)37-28)24(19-13-32-22-6-4-3-5-18(19)22)15-8-10-23(21(31)11-15)35-14-16-7-9-17(29)12-20(16)30/h3-13,24-25,32H,14H2,1-2H3/t24-/m1/s1. The molecule has 1 saturated heterocycles. The molecule has 1 atom stereocenters. The van der Waals surface area contributed by atoms with Gasteiger partial charge < -0.3 is 19.2 Å². The van der Waals surface area contributed by atoms with E-state index < -0.39 is 29.6 Å². The van der Waals surface area contributed by atoms with E-state index in [0.29, 0.717) is 15.8 Å². The van der Waals surface area contributed by atoms with Crippen molar-refractivity contribution in [1.29, 1.82) is 0 Å². The van der Waals surface area contributed by atoms with Gasteiger partial charge in [-0.05, 0) is 64.0 Å². The van der Waals surface area contributed by atoms with E-state index in [1.807, 2.05) is 54.7 Å². The van der Waals surface area contributed by atoms with Gasteiger partial charge in [0.05, 0.1) is 3.57 Å². The van der Waals surface area contributed by atoms with Gasteiger partial charge in [-0.15, -0.1) is 0 Å². The van der Waals surface area contributed by atoms with Crippen molar-refractivity contribution >= 4 is 68.6 Å². The number of esters is 2. The predicted octanol–water partition coefficient (Wildman–Crippen LogP) is 7.24. The molecule has 37 heavy (non-hydrogen) atoms. The summed E-state index contributed by atoms with van der Waals surface area (Å²) in [6, 6.07) is 18.6. The van der Waals surface area contributed by atoms with E-state index >= 15 is 0 Å². The van der Waals surface area contributed by atoms with Crippen LogP contribution < -0.4 is 4.74 Å². The van der Waals surface area contributed by atoms with E-state index in [2.05, 4.69) is 27.6 Å². The zero-order chi connectivity index (χ0) is 26.3. The largest absolute Gasteiger partial charge is 0.488 e. The van der Waals surface area contributed by atoms with Gasteiger partial charge in [0.15, 0.2) is 5.92 Å². The molecular formula is C28H22Cl2INO5. The maximum absolute atomic E-state index is 13.2. The number of nitrogens with one attached hydrogen (secondary N) is 1. The fraction of sp³-hybridized carbons (Fsp3) is 0.214. The van der Waals surface area contributed by atoms with Gasteiger partial charge in [0.1, 0.15) is 12.4 Å². The van der Waals surface area contributed by atoms with E-state index in [0.717, 1.165) is 31.2 Å². The Morgan fingerprint density at radius 3 is 2.46 bits per heavy atom. The second kappa shape index (κ2) is 10.2. The van der Waals surface area contributed by atoms with Crippen LogP contribution in [0.4, 0.5) is 0 Å². The lowest BCUT2D eigenvalue weighted by Gasteiger charge is -2.36. The fourth-order valence-corrected chi connectivity index (χ4v) is 5.68. The number of carbonyl (C=O) groups excluding carboxylic acids is 2. The Balaban J connectivity index is 1.52. The number of H-pyrrole nitrogens is 1. The molecule has 0 spiro atoms. The van der Waals surface area contributed by atoms with E-state index in [1.165, 1.54) is 0 Å². The van der Waals surface area contributed by atoms with Gasteiger partial charge in [0.2, 0.25) is 0 Å². The fourth-order valence-electron chi connectivity index (χ4n) is 4.53. The van der Waals surface area contributed by atoms with Crippen LogP contribution in [0.3, 0.4) is 0 Å². The van der Waals surface area contributed by atoms with Crippen LogP contribution >= 0.6 is 45.8 Å². The molecule has 2 heterocycles. The molecule has 0 aliphatic carbocycles. The third-order valence-electron chi connectivity index (χ3n) is 6.20. The Hall–Kier alpha value is -2.75. The molecule has 1 aliphatic rings. The summed E-state index contributed by atoms with van der Waals surface area (Å²) < 4.78 is 17.8. The first-order chi connectivity index (χ1) is 17.6. The third-order valence-corrected chi connectivity index (χ3v) is 7.63. The second-order valence-corrected chi connectivity index (χ2v) is 11.2. The lowest BCUT2D eigenvalue weighted by atomic mass is 9.80. The molecule has 1 N–H and O–H groups in total. The van der Waals surface area contributed by atoms with Crippen LogP contribution in [0, 0.1) is 9.49 Å². The topological polar surface area (TPSA) is 77.6 Å². The number of halogens is 3. The molecule has 0 saturated carbocycles. The summed E-state index contributed by atoms with van der Waals surface area (Å²) in [6.07, 6.45) is 1.83. The predicted molar refractivity (Wildman–Crippen MR) is 150 cm³/mol. The van der Waals surface area contributed by atoms with Gasteiger partial charge in [0.25, 0.3) is 5.79 Å². The molecule has 9 heteroatoms. The van der Waals surface area contributed by atoms with Gasteiger partial charge in [-0.1, -0.05) is 53.5 Å². The molecule has 4 aromatic rings. The average Bonchev–Trinajstić information content (AvgIpc) is 3.25. The SMILES string of the molecule is CC1(C)OC(=O)C([C@H](c2ccc(OCc3ccc(Cl)cc3Cl)c(I)c2)c2c[nH]c3ccccc23)C(=O)O1. The van der Waals surface area contributed by atoms with Crippen molar-refractivity contribution in [3.63, 3.8) is 0 Å². The summed E-state index contributed by atoms with van der Waals surface area (Å²) in [5, 5.41) is 1.99. The van der Waals surface area contributed by atoms with Crippen LogP contribution in [-0.4, -0.2) is 22.7 Å². The molecule has 0 unspecified atom stereocenters. The van der Waals surface area contributed by atoms with Crippen LogP contribution in [-0.2, 0) is 25.7 Å². The molecule has 190 valence electrons. The lowest BCUT2D eigenvalue weighted by molar-refractivity contribution is -0.240. The van der Waals surface area contributed by atoms with Crippen LogP contribution in [0.5, 0.6) is 5.75 Å². The van der Waals surface area contributed by atoms with Gasteiger partial charge in [-0.2, -0.15) is 0 Å². The number of cyclic esters (lactones) is 2. The van der Waals surface area contributed by atoms with Gasteiger partial charge in [0, 0.05) is 52.5 Å². The van der Waals surface area contributed by atoms with E-state index in [1.54, 1.807) is 26.0 Å². The highest BCUT2D eigenvalue weighted by atomic mass is 127. The lowest BCUT2D eigenvalue weighted by Crippen LogP contribution is -2.48. The van der Waals surface area contributed by atoms with E-state index in [4.69, 9.17) is 37.4 Å². The number of hydrogen-bond acceptors (Lipinski definition) is 5. The van der Waals surface area contributed by atoms with Crippen molar-refractivity contribution in [3.05, 3.63) is 97.2 Å². The van der Waals surface area contributed by atoms with Crippen LogP contribution in [0.1, 0.15) is 36.5 Å². The number of aromatic nitrogens is 1. The summed E-state index contributed by atoms with van der Waals surface area (Å²) >= 11 is 14.5. The Morgan fingerprint density at radius 2 is 1.76 bits per heavy atom. The first-order valence-corrected chi connectivity index (χ1v) is 13.3. The van der Waals surface area contributed by atoms with E-state index in [-0.39, 0.29) is 6.61 Å². The smallest absolute Gasteiger partial charge is 0.324 e. The average molecular weight is 650 g/mol. The molecule has 1 aromatic heterocycles. The zero-order valence-corrected chi connectivity index (χ0v) is 23.6. The molecule has 0 bridgehead atoms. The first kappa shape index (κ1) is 25.9. The third kappa shape index (κ3) is 5.30. The number of fused-ring (bicyclic) bond motifs is 1. The number of rotatable bonds is 6. The van der Waals surface area contributed by atoms with Gasteiger partial charge in [-0.25, -0.2) is 0 Å². The maximum atomic E-state index is 13.2. The Morgan fingerprint density at radius 1 is 1.03 bits per heavy atom. The molecule has 1 aliphatic heterocycles. The number of hydrogen-bond donors (Lipinski definition) is 1. The molecule has 5 rings (SSSR count). The molecule has 3 aromatic carbocycles. The van der Waals surface area contributed by atoms with Crippen LogP contribution in [0.2, 0.25) is 10.0 Å². The summed E-state index contributed by atoms with van der Waals surface area (Å²) in [7, 11) is 0. The van der Waals surface area contributed by atoms with Gasteiger partial charge >= 0.3 is 11.9 Å². The number of carbonyl (C=O) groups is 2. The quantitative estimate of drug-likeness (QED) is 0.135. The molecule has 1 fully saturated rings. The molecule has 0 amide bonds. The number of aromatic amines is 1. The van der Waals surface area contributed by atoms with Crippen molar-refractivity contribution in [2.24, 2.45) is 5.92 Å². The maximum Gasteiger partial charge on any atom is 0.324 e. The summed E-state index contributed by atoms with van der Waals surface area (Å²) in [5.41, 5.74) is 3.25. The molecular weight excluding hydrogens is 628 g/mol. The zero-order valence-electron chi connectivity index (χ0n) is 19.9. The number of ether oxygens (including phenoxy) is 3. The molecule has 6 nitrogen and oxygen atoms in total. The molecule has 0 radical (unpaired) electrons. The van der Waals surface area contributed by atoms with Crippen LogP contribution in [0.25, 0.3) is 10.9 Å². The number of benzene rings is 3. The minimum absolute atomic E-state index is 0.258. The highest BCUT2D eigenvalue weighted by molar-refractivity contribution is 14.1. The Bertz CT molecular complexity index is 1500. The summed E-state index contributed by atoms with van der Waals surface area (Å²) in [6.45, 7) is 3.34. The Kier molecular flexibility index (Phi) is 7.13. The Labute approximate surface area is 237 Å². The highest BCUT2D eigenvalue weighted by Crippen LogP contribution is 2.42. The van der Waals surface area contributed by atoms with Crippen molar-refractivity contribution in [3.8, 4) is 5.75 Å². The van der Waals surface area contributed by atoms with Crippen molar-refractivity contribution in [2.75, 3.05) is 0 Å². The van der Waals surface area contributed by atoms with Crippen LogP contribution in [0.15, 0.2) is 66.9 Å². The monoisotopic (exact) mass is 649 g/mol. The summed E-state index contributed by atoms with van der Waals surface area (Å²) in [4.78, 5) is 29.5. The van der Waals surface area contributed by atoms with Crippen molar-refractivity contribution in [1.82, 2.24) is 4.98 Å². The second-order valence-electron chi connectivity index (χ2n) is 9.20. The first-order valence-electron chi connectivity index (χ1n) is 11.5. The van der Waals surface area contributed by atoms with Gasteiger partial charge in [-0.3, -0.25) is 9.59 Å². The minimum atomic E-state index is -1.31. The number of para-hydroxylation sites is 1. The summed E-state index contributed by atoms with van der Waals surface area (Å²) in [5.74, 6) is -3.72. The highest BCUT2D eigenvalue weighted by Gasteiger charge is 2.48. The van der Waals surface area contributed by atoms with Crippen molar-refractivity contribution < 1.29 is 23.8 Å². The van der Waals surface area contributed by atoms with E-state index in [9.17, 15) is 9.59 Å². The minimum Gasteiger partial charge on any atom is -0.488 e.